The highest BCUT2D eigenvalue weighted by Crippen LogP contribution is 2.36. The first-order chi connectivity index (χ1) is 12.3. The molecule has 0 unspecified atom stereocenters. The lowest BCUT2D eigenvalue weighted by Crippen LogP contribution is -2.08. The zero-order valence-electron chi connectivity index (χ0n) is 14.0. The van der Waals surface area contributed by atoms with Gasteiger partial charge in [0.2, 0.25) is 0 Å². The molecule has 0 radical (unpaired) electrons. The van der Waals surface area contributed by atoms with E-state index in [2.05, 4.69) is 10.3 Å². The van der Waals surface area contributed by atoms with Gasteiger partial charge in [0, 0.05) is 23.3 Å². The molecular formula is C19H19ClN4O. The number of benzene rings is 1. The molecule has 0 spiro atoms. The number of fused-ring (bicyclic) bond motifs is 1. The molecule has 0 atom stereocenters. The van der Waals surface area contributed by atoms with Crippen LogP contribution in [0.1, 0.15) is 18.4 Å². The van der Waals surface area contributed by atoms with Gasteiger partial charge in [0.25, 0.3) is 0 Å². The third kappa shape index (κ3) is 2.96. The lowest BCUT2D eigenvalue weighted by Gasteiger charge is -2.13. The molecule has 5 nitrogen and oxygen atoms in total. The summed E-state index contributed by atoms with van der Waals surface area (Å²) in [5, 5.41) is 9.05. The molecule has 4 rings (SSSR count). The number of rotatable bonds is 3. The number of aromatic nitrogens is 3. The van der Waals surface area contributed by atoms with Crippen LogP contribution in [0.2, 0.25) is 5.02 Å². The van der Waals surface area contributed by atoms with Crippen molar-refractivity contribution in [3.05, 3.63) is 53.2 Å². The molecule has 0 saturated heterocycles. The summed E-state index contributed by atoms with van der Waals surface area (Å²) in [6.45, 7) is 0.920. The monoisotopic (exact) mass is 354 g/mol. The van der Waals surface area contributed by atoms with E-state index in [0.29, 0.717) is 5.02 Å². The highest BCUT2D eigenvalue weighted by atomic mass is 35.5. The molecule has 0 saturated carbocycles. The van der Waals surface area contributed by atoms with E-state index in [1.54, 1.807) is 13.3 Å². The van der Waals surface area contributed by atoms with Crippen LogP contribution in [0.5, 0.6) is 5.75 Å². The number of anilines is 1. The van der Waals surface area contributed by atoms with E-state index < -0.39 is 0 Å². The van der Waals surface area contributed by atoms with Crippen molar-refractivity contribution < 1.29 is 4.74 Å². The number of halogens is 1. The van der Waals surface area contributed by atoms with E-state index in [-0.39, 0.29) is 0 Å². The van der Waals surface area contributed by atoms with Gasteiger partial charge in [-0.25, -0.2) is 4.68 Å². The molecule has 3 heterocycles. The summed E-state index contributed by atoms with van der Waals surface area (Å²) >= 11 is 6.23. The van der Waals surface area contributed by atoms with E-state index >= 15 is 0 Å². The van der Waals surface area contributed by atoms with Crippen LogP contribution in [0.4, 0.5) is 5.82 Å². The van der Waals surface area contributed by atoms with Gasteiger partial charge < -0.3 is 10.1 Å². The molecule has 0 fully saturated rings. The summed E-state index contributed by atoms with van der Waals surface area (Å²) in [4.78, 5) is 4.49. The third-order valence-electron chi connectivity index (χ3n) is 4.41. The Hall–Kier alpha value is -2.53. The molecule has 25 heavy (non-hydrogen) atoms. The van der Waals surface area contributed by atoms with Crippen molar-refractivity contribution >= 4 is 17.4 Å². The maximum Gasteiger partial charge on any atom is 0.144 e. The zero-order chi connectivity index (χ0) is 17.2. The molecule has 128 valence electrons. The Bertz CT molecular complexity index is 892. The molecule has 0 amide bonds. The van der Waals surface area contributed by atoms with Crippen LogP contribution in [-0.2, 0) is 6.42 Å². The lowest BCUT2D eigenvalue weighted by molar-refractivity contribution is 0.412. The van der Waals surface area contributed by atoms with E-state index in [0.717, 1.165) is 54.4 Å². The second-order valence-electron chi connectivity index (χ2n) is 6.00. The van der Waals surface area contributed by atoms with Gasteiger partial charge in [0.1, 0.15) is 22.9 Å². The Balaban J connectivity index is 1.95. The van der Waals surface area contributed by atoms with Gasteiger partial charge in [-0.3, -0.25) is 4.98 Å². The molecule has 6 heteroatoms. The van der Waals surface area contributed by atoms with Gasteiger partial charge in [-0.2, -0.15) is 5.10 Å². The van der Waals surface area contributed by atoms with Gasteiger partial charge in [0.15, 0.2) is 0 Å². The standard InChI is InChI=1S/C19H19ClN4O/c1-25-17-9-8-13(20)12-16(17)24-19-14(6-2-4-11-22-19)18(23-24)15-7-3-5-10-21-15/h3,5,7-10,12,22H,2,4,6,11H2,1H3. The summed E-state index contributed by atoms with van der Waals surface area (Å²) < 4.78 is 7.43. The SMILES string of the molecule is COc1ccc(Cl)cc1-n1nc(-c2ccccn2)c2c1NCCCC2. The molecule has 1 aliphatic heterocycles. The number of hydrogen-bond donors (Lipinski definition) is 1. The summed E-state index contributed by atoms with van der Waals surface area (Å²) in [6.07, 6.45) is 5.02. The minimum absolute atomic E-state index is 0.646. The van der Waals surface area contributed by atoms with Crippen molar-refractivity contribution in [2.75, 3.05) is 19.0 Å². The van der Waals surface area contributed by atoms with Crippen molar-refractivity contribution in [1.82, 2.24) is 14.8 Å². The minimum atomic E-state index is 0.646. The third-order valence-corrected chi connectivity index (χ3v) is 4.64. The summed E-state index contributed by atoms with van der Waals surface area (Å²) in [7, 11) is 1.65. The average molecular weight is 355 g/mol. The van der Waals surface area contributed by atoms with Gasteiger partial charge in [0.05, 0.1) is 12.8 Å². The Kier molecular flexibility index (Phi) is 4.32. The van der Waals surface area contributed by atoms with Crippen molar-refractivity contribution in [2.45, 2.75) is 19.3 Å². The van der Waals surface area contributed by atoms with Gasteiger partial charge in [-0.1, -0.05) is 17.7 Å². The van der Waals surface area contributed by atoms with E-state index in [4.69, 9.17) is 21.4 Å². The van der Waals surface area contributed by atoms with Crippen LogP contribution in [0.15, 0.2) is 42.6 Å². The molecule has 1 N–H and O–H groups in total. The highest BCUT2D eigenvalue weighted by molar-refractivity contribution is 6.30. The molecule has 0 bridgehead atoms. The smallest absolute Gasteiger partial charge is 0.144 e. The maximum absolute atomic E-state index is 6.23. The maximum atomic E-state index is 6.23. The Labute approximate surface area is 151 Å². The number of methoxy groups -OCH3 is 1. The topological polar surface area (TPSA) is 52.0 Å². The van der Waals surface area contributed by atoms with Crippen molar-refractivity contribution in [2.24, 2.45) is 0 Å². The first-order valence-corrected chi connectivity index (χ1v) is 8.77. The summed E-state index contributed by atoms with van der Waals surface area (Å²) in [5.41, 5.74) is 3.80. The first-order valence-electron chi connectivity index (χ1n) is 8.39. The van der Waals surface area contributed by atoms with Crippen LogP contribution < -0.4 is 10.1 Å². The molecule has 2 aromatic heterocycles. The van der Waals surface area contributed by atoms with Crippen molar-refractivity contribution in [1.29, 1.82) is 0 Å². The minimum Gasteiger partial charge on any atom is -0.494 e. The summed E-state index contributed by atoms with van der Waals surface area (Å²) in [6, 6.07) is 11.5. The zero-order valence-corrected chi connectivity index (χ0v) is 14.8. The second kappa shape index (κ2) is 6.76. The normalized spacial score (nSPS) is 13.7. The van der Waals surface area contributed by atoms with Crippen LogP contribution in [0.3, 0.4) is 0 Å². The van der Waals surface area contributed by atoms with Crippen LogP contribution in [-0.4, -0.2) is 28.4 Å². The average Bonchev–Trinajstić information content (AvgIpc) is 2.83. The van der Waals surface area contributed by atoms with Gasteiger partial charge >= 0.3 is 0 Å². The van der Waals surface area contributed by atoms with Crippen LogP contribution in [0, 0.1) is 0 Å². The van der Waals surface area contributed by atoms with E-state index in [9.17, 15) is 0 Å². The van der Waals surface area contributed by atoms with Gasteiger partial charge in [-0.05, 0) is 49.6 Å². The van der Waals surface area contributed by atoms with Crippen molar-refractivity contribution in [3.63, 3.8) is 0 Å². The van der Waals surface area contributed by atoms with Crippen LogP contribution in [0.25, 0.3) is 17.1 Å². The predicted molar refractivity (Wildman–Crippen MR) is 99.8 cm³/mol. The Morgan fingerprint density at radius 1 is 1.20 bits per heavy atom. The fourth-order valence-corrected chi connectivity index (χ4v) is 3.38. The fraction of sp³-hybridized carbons (Fsp3) is 0.263. The molecule has 3 aromatic rings. The van der Waals surface area contributed by atoms with E-state index in [1.807, 2.05) is 41.1 Å². The Morgan fingerprint density at radius 3 is 2.92 bits per heavy atom. The summed E-state index contributed by atoms with van der Waals surface area (Å²) in [5.74, 6) is 1.73. The lowest BCUT2D eigenvalue weighted by atomic mass is 10.1. The molecule has 0 aliphatic carbocycles. The molecular weight excluding hydrogens is 336 g/mol. The number of hydrogen-bond acceptors (Lipinski definition) is 4. The predicted octanol–water partition coefficient (Wildman–Crippen LogP) is 4.34. The quantitative estimate of drug-likeness (QED) is 0.760. The van der Waals surface area contributed by atoms with E-state index in [1.165, 1.54) is 5.56 Å². The van der Waals surface area contributed by atoms with Crippen LogP contribution >= 0.6 is 11.6 Å². The largest absolute Gasteiger partial charge is 0.494 e. The first kappa shape index (κ1) is 16.0. The number of ether oxygens (including phenoxy) is 1. The highest BCUT2D eigenvalue weighted by Gasteiger charge is 2.23. The fourth-order valence-electron chi connectivity index (χ4n) is 3.21. The molecule has 1 aliphatic rings. The van der Waals surface area contributed by atoms with Gasteiger partial charge in [-0.15, -0.1) is 0 Å². The number of nitrogens with one attached hydrogen (secondary N) is 1. The second-order valence-corrected chi connectivity index (χ2v) is 6.44. The van der Waals surface area contributed by atoms with Crippen molar-refractivity contribution in [3.8, 4) is 22.8 Å². The number of nitrogens with zero attached hydrogens (tertiary/aromatic N) is 3. The Morgan fingerprint density at radius 2 is 2.12 bits per heavy atom. The molecule has 1 aromatic carbocycles. The number of pyridine rings is 1.